The Kier molecular flexibility index (Phi) is 7.53. The van der Waals surface area contributed by atoms with Crippen molar-refractivity contribution in [1.29, 1.82) is 0 Å². The highest BCUT2D eigenvalue weighted by Gasteiger charge is 2.29. The van der Waals surface area contributed by atoms with E-state index in [0.717, 1.165) is 36.4 Å². The van der Waals surface area contributed by atoms with Gasteiger partial charge in [0.1, 0.15) is 23.4 Å². The highest BCUT2D eigenvalue weighted by Crippen LogP contribution is 2.39. The van der Waals surface area contributed by atoms with Crippen LogP contribution in [0.15, 0.2) is 53.6 Å². The molecule has 3 heterocycles. The number of rotatable bonds is 9. The van der Waals surface area contributed by atoms with Crippen LogP contribution in [-0.2, 0) is 27.7 Å². The third-order valence-corrected chi connectivity index (χ3v) is 7.72. The molecule has 0 saturated heterocycles. The highest BCUT2D eigenvalue weighted by molar-refractivity contribution is 7.92. The van der Waals surface area contributed by atoms with Crippen LogP contribution in [0.5, 0.6) is 0 Å². The normalized spacial score (nSPS) is 13.5. The molecule has 2 aromatic heterocycles. The van der Waals surface area contributed by atoms with Crippen molar-refractivity contribution in [1.82, 2.24) is 19.7 Å². The van der Waals surface area contributed by atoms with Gasteiger partial charge in [-0.05, 0) is 50.1 Å². The van der Waals surface area contributed by atoms with Crippen molar-refractivity contribution >= 4 is 27.8 Å². The quantitative estimate of drug-likeness (QED) is 0.265. The van der Waals surface area contributed by atoms with Gasteiger partial charge in [0, 0.05) is 29.6 Å². The highest BCUT2D eigenvalue weighted by atomic mass is 32.2. The van der Waals surface area contributed by atoms with Crippen molar-refractivity contribution in [3.63, 3.8) is 0 Å². The molecular formula is C26H24F3N7O4S. The van der Waals surface area contributed by atoms with E-state index in [0.29, 0.717) is 24.2 Å². The van der Waals surface area contributed by atoms with E-state index < -0.39 is 50.3 Å². The Morgan fingerprint density at radius 3 is 2.61 bits per heavy atom. The maximum Gasteiger partial charge on any atom is 0.404 e. The molecule has 214 valence electrons. The summed E-state index contributed by atoms with van der Waals surface area (Å²) in [4.78, 5) is 18.5. The Morgan fingerprint density at radius 1 is 1.15 bits per heavy atom. The monoisotopic (exact) mass is 587 g/mol. The topological polar surface area (TPSA) is 154 Å². The number of primary amides is 1. The number of nitrogens with zero attached hydrogens (tertiary/aromatic N) is 4. The first kappa shape index (κ1) is 27.9. The number of nitrogens with one attached hydrogen (secondary N) is 2. The van der Waals surface area contributed by atoms with E-state index in [1.165, 1.54) is 18.3 Å². The fraction of sp³-hybridized carbons (Fsp3) is 0.231. The molecule has 0 spiro atoms. The van der Waals surface area contributed by atoms with Crippen molar-refractivity contribution in [3.05, 3.63) is 71.8 Å². The van der Waals surface area contributed by atoms with E-state index >= 15 is 4.39 Å². The number of aromatic nitrogens is 4. The van der Waals surface area contributed by atoms with Crippen LogP contribution in [0, 0.1) is 17.5 Å². The van der Waals surface area contributed by atoms with Crippen LogP contribution in [0.1, 0.15) is 19.0 Å². The average molecular weight is 588 g/mol. The lowest BCUT2D eigenvalue weighted by atomic mass is 10.0. The van der Waals surface area contributed by atoms with Gasteiger partial charge in [-0.3, -0.25) is 9.40 Å². The number of anilines is 2. The second-order valence-electron chi connectivity index (χ2n) is 9.21. The SMILES string of the molecule is CC(CNc1nccc(-c2c(-c3cccc(NS(=O)(=O)c4c(F)cccc4F)c3F)nn3c2CCC3)n1)OC(N)=O. The van der Waals surface area contributed by atoms with E-state index in [4.69, 9.17) is 10.5 Å². The van der Waals surface area contributed by atoms with Gasteiger partial charge in [0.15, 0.2) is 10.7 Å². The van der Waals surface area contributed by atoms with E-state index in [-0.39, 0.29) is 23.8 Å². The zero-order chi connectivity index (χ0) is 29.3. The lowest BCUT2D eigenvalue weighted by molar-refractivity contribution is 0.122. The van der Waals surface area contributed by atoms with E-state index in [2.05, 4.69) is 20.4 Å². The molecule has 5 rings (SSSR count). The van der Waals surface area contributed by atoms with Crippen LogP contribution in [0.2, 0.25) is 0 Å². The molecule has 0 fully saturated rings. The molecular weight excluding hydrogens is 563 g/mol. The standard InChI is InChI=1S/C26H24F3N7O4S/c1-14(40-25(30)37)13-32-26-31-11-10-18(33-26)21-20-9-4-12-36(20)34-23(21)15-5-2-8-19(22(15)29)35-41(38,39)24-16(27)6-3-7-17(24)28/h2-3,5-8,10-11,14,35H,4,9,12-13H2,1H3,(H2,30,37)(H,31,32,33). The summed E-state index contributed by atoms with van der Waals surface area (Å²) >= 11 is 0. The van der Waals surface area contributed by atoms with Gasteiger partial charge in [0.2, 0.25) is 5.95 Å². The summed E-state index contributed by atoms with van der Waals surface area (Å²) in [5.41, 5.74) is 6.42. The Balaban J connectivity index is 1.52. The summed E-state index contributed by atoms with van der Waals surface area (Å²) in [5.74, 6) is -3.41. The van der Waals surface area contributed by atoms with E-state index in [9.17, 15) is 22.0 Å². The first-order valence-electron chi connectivity index (χ1n) is 12.4. The number of fused-ring (bicyclic) bond motifs is 1. The van der Waals surface area contributed by atoms with Gasteiger partial charge in [-0.1, -0.05) is 12.1 Å². The number of carbonyl (C=O) groups excluding carboxylic acids is 1. The van der Waals surface area contributed by atoms with Crippen LogP contribution in [0.4, 0.5) is 29.6 Å². The number of nitrogens with two attached hydrogens (primary N) is 1. The third-order valence-electron chi connectivity index (χ3n) is 6.30. The molecule has 0 saturated carbocycles. The molecule has 0 bridgehead atoms. The number of aryl methyl sites for hydroxylation is 1. The largest absolute Gasteiger partial charge is 0.445 e. The minimum Gasteiger partial charge on any atom is -0.445 e. The van der Waals surface area contributed by atoms with Gasteiger partial charge in [-0.15, -0.1) is 0 Å². The maximum absolute atomic E-state index is 15.9. The summed E-state index contributed by atoms with van der Waals surface area (Å²) < 4.78 is 78.5. The van der Waals surface area contributed by atoms with Crippen molar-refractivity contribution in [2.75, 3.05) is 16.6 Å². The molecule has 1 aliphatic heterocycles. The number of hydrogen-bond donors (Lipinski definition) is 3. The van der Waals surface area contributed by atoms with Crippen molar-refractivity contribution in [3.8, 4) is 22.5 Å². The maximum atomic E-state index is 15.9. The summed E-state index contributed by atoms with van der Waals surface area (Å²) in [6, 6.07) is 8.18. The first-order chi connectivity index (χ1) is 19.5. The Labute approximate surface area is 232 Å². The lowest BCUT2D eigenvalue weighted by Crippen LogP contribution is -2.26. The van der Waals surface area contributed by atoms with Gasteiger partial charge < -0.3 is 15.8 Å². The van der Waals surface area contributed by atoms with Crippen LogP contribution in [-0.4, -0.2) is 46.9 Å². The third kappa shape index (κ3) is 5.66. The van der Waals surface area contributed by atoms with E-state index in [1.54, 1.807) is 17.7 Å². The van der Waals surface area contributed by atoms with Crippen LogP contribution in [0.3, 0.4) is 0 Å². The molecule has 4 aromatic rings. The summed E-state index contributed by atoms with van der Waals surface area (Å²) in [5, 5.41) is 7.54. The van der Waals surface area contributed by atoms with Crippen molar-refractivity contribution in [2.45, 2.75) is 37.3 Å². The number of benzene rings is 2. The van der Waals surface area contributed by atoms with Gasteiger partial charge in [0.25, 0.3) is 10.0 Å². The molecule has 41 heavy (non-hydrogen) atoms. The first-order valence-corrected chi connectivity index (χ1v) is 13.9. The zero-order valence-corrected chi connectivity index (χ0v) is 22.4. The minimum atomic E-state index is -4.82. The summed E-state index contributed by atoms with van der Waals surface area (Å²) in [6.45, 7) is 2.39. The van der Waals surface area contributed by atoms with Gasteiger partial charge in [-0.25, -0.2) is 36.4 Å². The number of ether oxygens (including phenoxy) is 1. The van der Waals surface area contributed by atoms with Gasteiger partial charge in [0.05, 0.1) is 17.9 Å². The number of amides is 1. The van der Waals surface area contributed by atoms with Crippen molar-refractivity contribution < 1.29 is 31.1 Å². The van der Waals surface area contributed by atoms with Gasteiger partial charge in [-0.2, -0.15) is 5.10 Å². The predicted octanol–water partition coefficient (Wildman–Crippen LogP) is 4.07. The van der Waals surface area contributed by atoms with E-state index in [1.807, 2.05) is 4.72 Å². The molecule has 0 aliphatic carbocycles. The molecule has 1 atom stereocenters. The van der Waals surface area contributed by atoms with Crippen LogP contribution < -0.4 is 15.8 Å². The fourth-order valence-corrected chi connectivity index (χ4v) is 5.78. The van der Waals surface area contributed by atoms with Crippen LogP contribution in [0.25, 0.3) is 22.5 Å². The van der Waals surface area contributed by atoms with Gasteiger partial charge >= 0.3 is 6.09 Å². The summed E-state index contributed by atoms with van der Waals surface area (Å²) in [6.07, 6.45) is 1.47. The molecule has 4 N–H and O–H groups in total. The molecule has 0 radical (unpaired) electrons. The fourth-order valence-electron chi connectivity index (χ4n) is 4.58. The number of halogens is 3. The molecule has 11 nitrogen and oxygen atoms in total. The molecule has 1 amide bonds. The number of hydrogen-bond acceptors (Lipinski definition) is 8. The zero-order valence-electron chi connectivity index (χ0n) is 21.6. The minimum absolute atomic E-state index is 0.0484. The van der Waals surface area contributed by atoms with Crippen LogP contribution >= 0.6 is 0 Å². The number of sulfonamides is 1. The predicted molar refractivity (Wildman–Crippen MR) is 143 cm³/mol. The number of carbonyl (C=O) groups is 1. The second-order valence-corrected chi connectivity index (χ2v) is 10.8. The molecule has 1 aliphatic rings. The Bertz CT molecular complexity index is 1730. The molecule has 15 heteroatoms. The summed E-state index contributed by atoms with van der Waals surface area (Å²) in [7, 11) is -4.82. The Morgan fingerprint density at radius 2 is 1.88 bits per heavy atom. The molecule has 2 aromatic carbocycles. The smallest absolute Gasteiger partial charge is 0.404 e. The van der Waals surface area contributed by atoms with Crippen molar-refractivity contribution in [2.24, 2.45) is 5.73 Å². The second kappa shape index (κ2) is 11.1. The average Bonchev–Trinajstić information content (AvgIpc) is 3.50. The lowest BCUT2D eigenvalue weighted by Gasteiger charge is -2.14. The molecule has 1 unspecified atom stereocenters. The Hall–Kier alpha value is -4.66.